The number of H-pyrrole nitrogens is 1. The van der Waals surface area contributed by atoms with Crippen LogP contribution in [0.4, 0.5) is 0 Å². The van der Waals surface area contributed by atoms with Crippen molar-refractivity contribution < 1.29 is 27.3 Å². The number of carbonyl (C=O) groups is 1. The summed E-state index contributed by atoms with van der Waals surface area (Å²) in [7, 11) is 0. The van der Waals surface area contributed by atoms with Gasteiger partial charge in [0, 0.05) is 40.9 Å². The normalized spacial score (nSPS) is 12.1. The first-order valence-electron chi connectivity index (χ1n) is 4.72. The molecule has 1 atom stereocenters. The number of nitrogens with one attached hydrogen (secondary N) is 1. The third-order valence-corrected chi connectivity index (χ3v) is 2.43. The molecule has 2 rings (SSSR count). The molecule has 84 valence electrons. The minimum absolute atomic E-state index is 0. The average molecular weight is 256 g/mol. The molecular formula is C11H12CrN2O2. The number of aromatic amines is 1. The molecule has 0 saturated heterocycles. The minimum Gasteiger partial charge on any atom is -0.480 e. The van der Waals surface area contributed by atoms with E-state index in [1.54, 1.807) is 0 Å². The summed E-state index contributed by atoms with van der Waals surface area (Å²) >= 11 is 0. The van der Waals surface area contributed by atoms with E-state index in [0.29, 0.717) is 6.42 Å². The molecule has 0 radical (unpaired) electrons. The maximum absolute atomic E-state index is 10.6. The van der Waals surface area contributed by atoms with Gasteiger partial charge in [-0.2, -0.15) is 0 Å². The number of hydrogen-bond acceptors (Lipinski definition) is 2. The summed E-state index contributed by atoms with van der Waals surface area (Å²) in [5.74, 6) is -0.972. The summed E-state index contributed by atoms with van der Waals surface area (Å²) in [5.41, 5.74) is 7.43. The Hall–Kier alpha value is -1.28. The zero-order chi connectivity index (χ0) is 10.8. The van der Waals surface area contributed by atoms with Crippen LogP contribution in [0, 0.1) is 0 Å². The first-order valence-corrected chi connectivity index (χ1v) is 4.72. The summed E-state index contributed by atoms with van der Waals surface area (Å²) in [5, 5.41) is 9.75. The van der Waals surface area contributed by atoms with E-state index >= 15 is 0 Å². The van der Waals surface area contributed by atoms with E-state index in [2.05, 4.69) is 4.98 Å². The standard InChI is InChI=1S/C11H12N2O2.Cr/c12-9(11(14)15)5-7-6-13-10-4-2-1-3-8(7)10;/h1-4,6,9,13H,5,12H2,(H,14,15);/t9-;/m0./s1. The Balaban J connectivity index is 0.00000128. The fourth-order valence-corrected chi connectivity index (χ4v) is 1.62. The number of hydrogen-bond donors (Lipinski definition) is 3. The van der Waals surface area contributed by atoms with Crippen LogP contribution in [0.15, 0.2) is 30.5 Å². The van der Waals surface area contributed by atoms with Crippen LogP contribution in [0.3, 0.4) is 0 Å². The van der Waals surface area contributed by atoms with Crippen LogP contribution in [0.2, 0.25) is 0 Å². The Bertz CT molecular complexity index is 495. The molecule has 0 saturated carbocycles. The van der Waals surface area contributed by atoms with Crippen molar-refractivity contribution in [2.24, 2.45) is 5.73 Å². The van der Waals surface area contributed by atoms with Gasteiger partial charge in [0.1, 0.15) is 6.04 Å². The number of fused-ring (bicyclic) bond motifs is 1. The molecule has 0 aliphatic carbocycles. The zero-order valence-corrected chi connectivity index (χ0v) is 9.79. The summed E-state index contributed by atoms with van der Waals surface area (Å²) in [6, 6.07) is 6.91. The van der Waals surface area contributed by atoms with Gasteiger partial charge in [-0.1, -0.05) is 18.2 Å². The van der Waals surface area contributed by atoms with E-state index in [0.717, 1.165) is 16.5 Å². The third kappa shape index (κ3) is 2.45. The number of carboxylic acids is 1. The van der Waals surface area contributed by atoms with Crippen molar-refractivity contribution in [1.29, 1.82) is 0 Å². The summed E-state index contributed by atoms with van der Waals surface area (Å²) in [6.45, 7) is 0. The summed E-state index contributed by atoms with van der Waals surface area (Å²) in [6.07, 6.45) is 2.16. The van der Waals surface area contributed by atoms with Gasteiger partial charge in [0.25, 0.3) is 0 Å². The van der Waals surface area contributed by atoms with Crippen LogP contribution >= 0.6 is 0 Å². The smallest absolute Gasteiger partial charge is 0.320 e. The van der Waals surface area contributed by atoms with Gasteiger partial charge < -0.3 is 15.8 Å². The molecule has 2 aromatic rings. The minimum atomic E-state index is -0.972. The molecule has 5 heteroatoms. The van der Waals surface area contributed by atoms with Gasteiger partial charge >= 0.3 is 5.97 Å². The van der Waals surface area contributed by atoms with Crippen molar-refractivity contribution in [2.45, 2.75) is 12.5 Å². The first kappa shape index (κ1) is 12.8. The molecular weight excluding hydrogens is 244 g/mol. The topological polar surface area (TPSA) is 79.1 Å². The van der Waals surface area contributed by atoms with E-state index < -0.39 is 12.0 Å². The summed E-state index contributed by atoms with van der Waals surface area (Å²) in [4.78, 5) is 13.7. The Morgan fingerprint density at radius 3 is 2.81 bits per heavy atom. The molecule has 1 aromatic carbocycles. The molecule has 0 fully saturated rings. The Morgan fingerprint density at radius 2 is 2.12 bits per heavy atom. The van der Waals surface area contributed by atoms with Crippen LogP contribution in [-0.4, -0.2) is 22.1 Å². The largest absolute Gasteiger partial charge is 0.480 e. The molecule has 0 unspecified atom stereocenters. The average Bonchev–Trinajstić information content (AvgIpc) is 2.62. The Morgan fingerprint density at radius 1 is 1.44 bits per heavy atom. The van der Waals surface area contributed by atoms with Crippen molar-refractivity contribution in [3.63, 3.8) is 0 Å². The van der Waals surface area contributed by atoms with E-state index in [1.807, 2.05) is 30.5 Å². The van der Waals surface area contributed by atoms with Gasteiger partial charge in [-0.25, -0.2) is 0 Å². The monoisotopic (exact) mass is 256 g/mol. The molecule has 0 aliphatic rings. The number of benzene rings is 1. The van der Waals surface area contributed by atoms with E-state index in [1.165, 1.54) is 0 Å². The van der Waals surface area contributed by atoms with Gasteiger partial charge in [-0.15, -0.1) is 0 Å². The van der Waals surface area contributed by atoms with Gasteiger partial charge in [0.2, 0.25) is 0 Å². The number of aromatic nitrogens is 1. The van der Waals surface area contributed by atoms with Gasteiger partial charge in [0.05, 0.1) is 0 Å². The number of carboxylic acid groups (broad SMARTS) is 1. The van der Waals surface area contributed by atoms with Crippen LogP contribution in [0.1, 0.15) is 5.56 Å². The maximum Gasteiger partial charge on any atom is 0.320 e. The van der Waals surface area contributed by atoms with Crippen molar-refractivity contribution in [1.82, 2.24) is 4.98 Å². The molecule has 0 bridgehead atoms. The van der Waals surface area contributed by atoms with E-state index in [-0.39, 0.29) is 17.4 Å². The Kier molecular flexibility index (Phi) is 4.13. The van der Waals surface area contributed by atoms with Crippen molar-refractivity contribution in [2.75, 3.05) is 0 Å². The van der Waals surface area contributed by atoms with Crippen LogP contribution in [0.5, 0.6) is 0 Å². The van der Waals surface area contributed by atoms with Crippen LogP contribution < -0.4 is 5.73 Å². The Labute approximate surface area is 104 Å². The molecule has 4 nitrogen and oxygen atoms in total. The second-order valence-electron chi connectivity index (χ2n) is 3.51. The van der Waals surface area contributed by atoms with E-state index in [4.69, 9.17) is 10.8 Å². The molecule has 0 spiro atoms. The van der Waals surface area contributed by atoms with Crippen molar-refractivity contribution in [3.8, 4) is 0 Å². The fourth-order valence-electron chi connectivity index (χ4n) is 1.62. The molecule has 4 N–H and O–H groups in total. The molecule has 1 aromatic heterocycles. The molecule has 0 aliphatic heterocycles. The maximum atomic E-state index is 10.6. The predicted octanol–water partition coefficient (Wildman–Crippen LogP) is 1.12. The van der Waals surface area contributed by atoms with Crippen molar-refractivity contribution in [3.05, 3.63) is 36.0 Å². The number of aliphatic carboxylic acids is 1. The van der Waals surface area contributed by atoms with Crippen LogP contribution in [-0.2, 0) is 28.6 Å². The second kappa shape index (κ2) is 5.17. The first-order chi connectivity index (χ1) is 7.18. The summed E-state index contributed by atoms with van der Waals surface area (Å²) < 4.78 is 0. The number of rotatable bonds is 3. The second-order valence-corrected chi connectivity index (χ2v) is 3.51. The van der Waals surface area contributed by atoms with E-state index in [9.17, 15) is 4.79 Å². The van der Waals surface area contributed by atoms with Gasteiger partial charge in [0.15, 0.2) is 0 Å². The molecule has 0 amide bonds. The van der Waals surface area contributed by atoms with Gasteiger partial charge in [-0.05, 0) is 11.6 Å². The SMILES string of the molecule is N[C@@H](Cc1c[nH]c2ccccc12)C(=O)O.[Cr]. The zero-order valence-electron chi connectivity index (χ0n) is 8.51. The molecule has 1 heterocycles. The molecule has 16 heavy (non-hydrogen) atoms. The van der Waals surface area contributed by atoms with Gasteiger partial charge in [-0.3, -0.25) is 4.79 Å². The van der Waals surface area contributed by atoms with Crippen LogP contribution in [0.25, 0.3) is 10.9 Å². The number of nitrogens with two attached hydrogens (primary N) is 1. The third-order valence-electron chi connectivity index (χ3n) is 2.43. The fraction of sp³-hybridized carbons (Fsp3) is 0.182. The number of para-hydroxylation sites is 1. The van der Waals surface area contributed by atoms with Crippen molar-refractivity contribution >= 4 is 16.9 Å². The quantitative estimate of drug-likeness (QED) is 0.770. The predicted molar refractivity (Wildman–Crippen MR) is 57.6 cm³/mol.